The maximum absolute atomic E-state index is 12.3. The average Bonchev–Trinajstić information content (AvgIpc) is 2.99. The van der Waals surface area contributed by atoms with Crippen LogP contribution in [0.1, 0.15) is 17.9 Å². The number of benzene rings is 1. The quantitative estimate of drug-likeness (QED) is 0.809. The third-order valence-corrected chi connectivity index (χ3v) is 3.04. The van der Waals surface area contributed by atoms with Gasteiger partial charge < -0.3 is 4.98 Å². The lowest BCUT2D eigenvalue weighted by Crippen LogP contribution is -2.31. The molecule has 18 heavy (non-hydrogen) atoms. The molecule has 1 N–H and O–H groups in total. The van der Waals surface area contributed by atoms with Crippen molar-refractivity contribution in [3.63, 3.8) is 0 Å². The predicted octanol–water partition coefficient (Wildman–Crippen LogP) is 1.46. The van der Waals surface area contributed by atoms with Crippen molar-refractivity contribution in [2.24, 2.45) is 0 Å². The Labute approximate surface area is 103 Å². The van der Waals surface area contributed by atoms with Crippen LogP contribution in [-0.2, 0) is 9.59 Å². The van der Waals surface area contributed by atoms with E-state index in [4.69, 9.17) is 0 Å². The summed E-state index contributed by atoms with van der Waals surface area (Å²) in [6, 6.07) is 9.34. The van der Waals surface area contributed by atoms with Crippen LogP contribution >= 0.6 is 0 Å². The topological polar surface area (TPSA) is 66.1 Å². The Morgan fingerprint density at radius 3 is 2.67 bits per heavy atom. The van der Waals surface area contributed by atoms with E-state index in [2.05, 4.69) is 9.97 Å². The fraction of sp³-hybridized carbons (Fsp3) is 0.154. The summed E-state index contributed by atoms with van der Waals surface area (Å²) in [5, 5.41) is 0. The molecule has 1 aromatic carbocycles. The van der Waals surface area contributed by atoms with Crippen molar-refractivity contribution in [3.8, 4) is 0 Å². The molecule has 1 saturated heterocycles. The summed E-state index contributed by atoms with van der Waals surface area (Å²) in [7, 11) is 0. The zero-order valence-electron chi connectivity index (χ0n) is 9.54. The zero-order chi connectivity index (χ0) is 12.5. The van der Waals surface area contributed by atoms with Crippen LogP contribution in [0.25, 0.3) is 0 Å². The molecule has 0 saturated carbocycles. The van der Waals surface area contributed by atoms with Gasteiger partial charge in [-0.05, 0) is 5.56 Å². The summed E-state index contributed by atoms with van der Waals surface area (Å²) in [5.41, 5.74) is 0.866. The lowest BCUT2D eigenvalue weighted by atomic mass is 9.98. The van der Waals surface area contributed by atoms with E-state index in [1.165, 1.54) is 6.20 Å². The van der Waals surface area contributed by atoms with Crippen molar-refractivity contribution >= 4 is 17.8 Å². The highest BCUT2D eigenvalue weighted by molar-refractivity contribution is 6.21. The van der Waals surface area contributed by atoms with Gasteiger partial charge in [-0.3, -0.25) is 9.59 Å². The van der Waals surface area contributed by atoms with Gasteiger partial charge in [0.1, 0.15) is 0 Å². The highest BCUT2D eigenvalue weighted by Gasteiger charge is 2.41. The molecule has 5 nitrogen and oxygen atoms in total. The van der Waals surface area contributed by atoms with E-state index in [9.17, 15) is 9.59 Å². The fourth-order valence-corrected chi connectivity index (χ4v) is 2.18. The van der Waals surface area contributed by atoms with Gasteiger partial charge in [0.05, 0.1) is 5.92 Å². The minimum Gasteiger partial charge on any atom is -0.330 e. The minimum atomic E-state index is -0.399. The van der Waals surface area contributed by atoms with Gasteiger partial charge in [-0.25, -0.2) is 9.88 Å². The molecule has 1 aliphatic rings. The average molecular weight is 241 g/mol. The van der Waals surface area contributed by atoms with Crippen LogP contribution in [0.2, 0.25) is 0 Å². The van der Waals surface area contributed by atoms with Crippen molar-refractivity contribution in [1.82, 2.24) is 9.97 Å². The molecule has 0 bridgehead atoms. The molecular weight excluding hydrogens is 230 g/mol. The molecule has 0 radical (unpaired) electrons. The summed E-state index contributed by atoms with van der Waals surface area (Å²) >= 11 is 0. The van der Waals surface area contributed by atoms with E-state index in [0.29, 0.717) is 5.95 Å². The maximum Gasteiger partial charge on any atom is 0.244 e. The highest BCUT2D eigenvalue weighted by Crippen LogP contribution is 2.31. The maximum atomic E-state index is 12.3. The summed E-state index contributed by atoms with van der Waals surface area (Å²) in [6.07, 6.45) is 3.31. The molecule has 3 rings (SSSR count). The summed E-state index contributed by atoms with van der Waals surface area (Å²) in [6.45, 7) is 0. The smallest absolute Gasteiger partial charge is 0.244 e. The molecule has 0 spiro atoms. The number of rotatable bonds is 2. The number of nitrogens with zero attached hydrogens (tertiary/aromatic N) is 2. The minimum absolute atomic E-state index is 0.198. The van der Waals surface area contributed by atoms with Crippen molar-refractivity contribution < 1.29 is 9.59 Å². The Balaban J connectivity index is 1.94. The van der Waals surface area contributed by atoms with E-state index in [-0.39, 0.29) is 18.2 Å². The van der Waals surface area contributed by atoms with Gasteiger partial charge in [-0.15, -0.1) is 0 Å². The van der Waals surface area contributed by atoms with Gasteiger partial charge in [0.15, 0.2) is 0 Å². The van der Waals surface area contributed by atoms with Crippen LogP contribution in [0.4, 0.5) is 5.95 Å². The van der Waals surface area contributed by atoms with Gasteiger partial charge in [0.25, 0.3) is 0 Å². The van der Waals surface area contributed by atoms with Crippen LogP contribution in [0.15, 0.2) is 42.7 Å². The number of anilines is 1. The summed E-state index contributed by atoms with van der Waals surface area (Å²) in [4.78, 5) is 32.0. The number of carbonyl (C=O) groups is 2. The highest BCUT2D eigenvalue weighted by atomic mass is 16.2. The van der Waals surface area contributed by atoms with Crippen LogP contribution in [0.5, 0.6) is 0 Å². The van der Waals surface area contributed by atoms with E-state index >= 15 is 0 Å². The lowest BCUT2D eigenvalue weighted by Gasteiger charge is -2.11. The lowest BCUT2D eigenvalue weighted by molar-refractivity contribution is -0.121. The van der Waals surface area contributed by atoms with Crippen LogP contribution < -0.4 is 4.90 Å². The van der Waals surface area contributed by atoms with Gasteiger partial charge in [0.2, 0.25) is 17.8 Å². The first-order valence-electron chi connectivity index (χ1n) is 5.68. The number of imide groups is 1. The largest absolute Gasteiger partial charge is 0.330 e. The fourth-order valence-electron chi connectivity index (χ4n) is 2.18. The number of nitrogens with one attached hydrogen (secondary N) is 1. The Morgan fingerprint density at radius 2 is 2.00 bits per heavy atom. The third kappa shape index (κ3) is 1.60. The zero-order valence-corrected chi connectivity index (χ0v) is 9.54. The van der Waals surface area contributed by atoms with Gasteiger partial charge >= 0.3 is 0 Å². The van der Waals surface area contributed by atoms with Crippen molar-refractivity contribution in [3.05, 3.63) is 48.3 Å². The number of hydrogen-bond acceptors (Lipinski definition) is 3. The number of carbonyl (C=O) groups excluding carboxylic acids is 2. The number of aromatic nitrogens is 2. The van der Waals surface area contributed by atoms with Crippen molar-refractivity contribution in [1.29, 1.82) is 0 Å². The molecule has 5 heteroatoms. The number of H-pyrrole nitrogens is 1. The van der Waals surface area contributed by atoms with E-state index in [0.717, 1.165) is 10.5 Å². The number of hydrogen-bond donors (Lipinski definition) is 1. The van der Waals surface area contributed by atoms with Gasteiger partial charge in [0, 0.05) is 18.8 Å². The first kappa shape index (κ1) is 10.7. The molecule has 2 heterocycles. The molecule has 1 fully saturated rings. The summed E-state index contributed by atoms with van der Waals surface area (Å²) in [5.74, 6) is -0.544. The van der Waals surface area contributed by atoms with Gasteiger partial charge in [-0.2, -0.15) is 0 Å². The molecule has 0 aliphatic carbocycles. The second-order valence-corrected chi connectivity index (χ2v) is 4.15. The molecule has 2 aromatic rings. The Bertz CT molecular complexity index is 578. The molecule has 1 aliphatic heterocycles. The van der Waals surface area contributed by atoms with E-state index in [1.807, 2.05) is 30.3 Å². The Morgan fingerprint density at radius 1 is 1.22 bits per heavy atom. The first-order valence-corrected chi connectivity index (χ1v) is 5.68. The van der Waals surface area contributed by atoms with Crippen LogP contribution in [0, 0.1) is 0 Å². The van der Waals surface area contributed by atoms with E-state index in [1.54, 1.807) is 6.20 Å². The molecule has 1 atom stereocenters. The molecule has 2 amide bonds. The number of amides is 2. The number of aromatic amines is 1. The normalized spacial score (nSPS) is 19.6. The molecular formula is C13H11N3O2. The Hall–Kier alpha value is -2.43. The second-order valence-electron chi connectivity index (χ2n) is 4.15. The van der Waals surface area contributed by atoms with Gasteiger partial charge in [-0.1, -0.05) is 30.3 Å². The Kier molecular flexibility index (Phi) is 2.44. The molecule has 1 aromatic heterocycles. The predicted molar refractivity (Wildman–Crippen MR) is 64.9 cm³/mol. The van der Waals surface area contributed by atoms with Crippen LogP contribution in [0.3, 0.4) is 0 Å². The monoisotopic (exact) mass is 241 g/mol. The first-order chi connectivity index (χ1) is 8.77. The van der Waals surface area contributed by atoms with Crippen molar-refractivity contribution in [2.75, 3.05) is 4.90 Å². The molecule has 1 unspecified atom stereocenters. The second kappa shape index (κ2) is 4.10. The standard InChI is InChI=1S/C13H11N3O2/c17-11-8-10(9-4-2-1-3-5-9)12(18)16(11)13-14-6-7-15-13/h1-7,10H,8H2,(H,14,15). The van der Waals surface area contributed by atoms with Crippen molar-refractivity contribution in [2.45, 2.75) is 12.3 Å². The molecule has 90 valence electrons. The number of imidazole rings is 1. The van der Waals surface area contributed by atoms with E-state index < -0.39 is 5.92 Å². The summed E-state index contributed by atoms with van der Waals surface area (Å²) < 4.78 is 0. The third-order valence-electron chi connectivity index (χ3n) is 3.04. The SMILES string of the molecule is O=C1CC(c2ccccc2)C(=O)N1c1ncc[nH]1. The van der Waals surface area contributed by atoms with Crippen LogP contribution in [-0.4, -0.2) is 21.8 Å².